The Morgan fingerprint density at radius 3 is 2.13 bits per heavy atom. The first-order valence-corrected chi connectivity index (χ1v) is 4.53. The van der Waals surface area contributed by atoms with Crippen molar-refractivity contribution in [1.29, 1.82) is 0 Å². The van der Waals surface area contributed by atoms with E-state index in [0.717, 1.165) is 0 Å². The Morgan fingerprint density at radius 2 is 1.87 bits per heavy atom. The van der Waals surface area contributed by atoms with E-state index in [1.165, 1.54) is 0 Å². The number of esters is 1. The van der Waals surface area contributed by atoms with E-state index in [-0.39, 0.29) is 6.54 Å². The van der Waals surface area contributed by atoms with E-state index in [4.69, 9.17) is 15.6 Å². The number of carboxylic acid groups (broad SMARTS) is 1. The summed E-state index contributed by atoms with van der Waals surface area (Å²) in [5.41, 5.74) is 4.30. The number of nitrogens with two attached hydrogens (primary N) is 1. The molecule has 0 aromatic rings. The van der Waals surface area contributed by atoms with Crippen LogP contribution in [0.15, 0.2) is 0 Å². The smallest absolute Gasteiger partial charge is 0.323 e. The molecular formula is C9H17NO5. The Labute approximate surface area is 88.0 Å². The van der Waals surface area contributed by atoms with Crippen LogP contribution in [-0.4, -0.2) is 40.4 Å². The molecule has 15 heavy (non-hydrogen) atoms. The van der Waals surface area contributed by atoms with Crippen LogP contribution in [-0.2, 0) is 14.3 Å². The maximum absolute atomic E-state index is 11.4. The van der Waals surface area contributed by atoms with Gasteiger partial charge in [-0.3, -0.25) is 9.59 Å². The molecule has 88 valence electrons. The van der Waals surface area contributed by atoms with Crippen molar-refractivity contribution < 1.29 is 24.5 Å². The Morgan fingerprint density at radius 1 is 1.40 bits per heavy atom. The van der Waals surface area contributed by atoms with Crippen LogP contribution >= 0.6 is 0 Å². The number of carbonyl (C=O) groups is 2. The van der Waals surface area contributed by atoms with E-state index in [0.29, 0.717) is 0 Å². The van der Waals surface area contributed by atoms with Gasteiger partial charge in [0, 0.05) is 6.54 Å². The summed E-state index contributed by atoms with van der Waals surface area (Å²) >= 11 is 0. The minimum Gasteiger partial charge on any atom is -0.481 e. The second kappa shape index (κ2) is 5.09. The highest BCUT2D eigenvalue weighted by molar-refractivity contribution is 5.94. The molecule has 0 unspecified atom stereocenters. The summed E-state index contributed by atoms with van der Waals surface area (Å²) in [6, 6.07) is 0. The molecule has 0 bridgehead atoms. The van der Waals surface area contributed by atoms with E-state index in [1.807, 2.05) is 0 Å². The van der Waals surface area contributed by atoms with Crippen molar-refractivity contribution >= 4 is 11.9 Å². The van der Waals surface area contributed by atoms with Gasteiger partial charge in [0.1, 0.15) is 5.60 Å². The number of hydrogen-bond donors (Lipinski definition) is 3. The fourth-order valence-corrected chi connectivity index (χ4v) is 0.924. The maximum Gasteiger partial charge on any atom is 0.323 e. The van der Waals surface area contributed by atoms with Crippen molar-refractivity contribution in [2.75, 3.05) is 6.54 Å². The van der Waals surface area contributed by atoms with E-state index < -0.39 is 29.6 Å². The summed E-state index contributed by atoms with van der Waals surface area (Å²) in [5, 5.41) is 18.0. The molecule has 0 fully saturated rings. The molecular weight excluding hydrogens is 202 g/mol. The number of ether oxygens (including phenoxy) is 1. The standard InChI is InChI=1S/C9H17NO5/c1-9(2,3)15-8(14)6(7(12)13)5(11)4-10/h5-6,11H,4,10H2,1-3H3,(H,12,13)/t5-,6+/m0/s1. The first-order chi connectivity index (χ1) is 6.69. The third-order valence-corrected chi connectivity index (χ3v) is 1.55. The van der Waals surface area contributed by atoms with Crippen molar-refractivity contribution in [2.45, 2.75) is 32.5 Å². The highest BCUT2D eigenvalue weighted by atomic mass is 16.6. The van der Waals surface area contributed by atoms with Crippen LogP contribution in [0.1, 0.15) is 20.8 Å². The highest BCUT2D eigenvalue weighted by Gasteiger charge is 2.36. The normalized spacial score (nSPS) is 15.5. The number of aliphatic hydroxyl groups is 1. The van der Waals surface area contributed by atoms with Crippen LogP contribution in [0.25, 0.3) is 0 Å². The molecule has 0 aromatic heterocycles. The predicted molar refractivity (Wildman–Crippen MR) is 52.0 cm³/mol. The van der Waals surface area contributed by atoms with Crippen LogP contribution in [0.5, 0.6) is 0 Å². The zero-order valence-electron chi connectivity index (χ0n) is 9.06. The molecule has 0 spiro atoms. The number of aliphatic hydroxyl groups excluding tert-OH is 1. The van der Waals surface area contributed by atoms with Gasteiger partial charge >= 0.3 is 11.9 Å². The van der Waals surface area contributed by atoms with Crippen LogP contribution < -0.4 is 5.73 Å². The average Bonchev–Trinajstić information content (AvgIpc) is 1.99. The van der Waals surface area contributed by atoms with Crippen molar-refractivity contribution in [2.24, 2.45) is 11.7 Å². The summed E-state index contributed by atoms with van der Waals surface area (Å²) < 4.78 is 4.85. The van der Waals surface area contributed by atoms with E-state index in [2.05, 4.69) is 0 Å². The molecule has 0 saturated carbocycles. The zero-order valence-corrected chi connectivity index (χ0v) is 9.06. The van der Waals surface area contributed by atoms with E-state index >= 15 is 0 Å². The summed E-state index contributed by atoms with van der Waals surface area (Å²) in [6.07, 6.45) is -1.43. The minimum atomic E-state index is -1.63. The molecule has 0 rings (SSSR count). The van der Waals surface area contributed by atoms with Gasteiger partial charge in [0.2, 0.25) is 0 Å². The monoisotopic (exact) mass is 219 g/mol. The lowest BCUT2D eigenvalue weighted by Crippen LogP contribution is -2.42. The van der Waals surface area contributed by atoms with Gasteiger partial charge in [0.05, 0.1) is 6.10 Å². The Balaban J connectivity index is 4.65. The number of aliphatic carboxylic acids is 1. The SMILES string of the molecule is CC(C)(C)OC(=O)[C@@H](C(=O)O)[C@@H](O)CN. The number of carboxylic acids is 1. The van der Waals surface area contributed by atoms with Gasteiger partial charge in [-0.25, -0.2) is 0 Å². The number of hydrogen-bond acceptors (Lipinski definition) is 5. The van der Waals surface area contributed by atoms with Gasteiger partial charge in [-0.2, -0.15) is 0 Å². The highest BCUT2D eigenvalue weighted by Crippen LogP contribution is 2.14. The Hall–Kier alpha value is -1.14. The minimum absolute atomic E-state index is 0.309. The van der Waals surface area contributed by atoms with Crippen molar-refractivity contribution in [3.8, 4) is 0 Å². The number of rotatable bonds is 4. The molecule has 0 aromatic carbocycles. The van der Waals surface area contributed by atoms with Crippen molar-refractivity contribution in [3.63, 3.8) is 0 Å². The predicted octanol–water partition coefficient (Wildman–Crippen LogP) is -0.651. The molecule has 0 saturated heterocycles. The van der Waals surface area contributed by atoms with Gasteiger partial charge in [-0.05, 0) is 20.8 Å². The molecule has 0 amide bonds. The largest absolute Gasteiger partial charge is 0.481 e. The Bertz CT molecular complexity index is 245. The molecule has 0 heterocycles. The zero-order chi connectivity index (χ0) is 12.2. The quantitative estimate of drug-likeness (QED) is 0.428. The summed E-state index contributed by atoms with van der Waals surface area (Å²) in [5.74, 6) is -4.05. The third-order valence-electron chi connectivity index (χ3n) is 1.55. The third kappa shape index (κ3) is 4.75. The first-order valence-electron chi connectivity index (χ1n) is 4.53. The van der Waals surface area contributed by atoms with E-state index in [1.54, 1.807) is 20.8 Å². The summed E-state index contributed by atoms with van der Waals surface area (Å²) in [7, 11) is 0. The van der Waals surface area contributed by atoms with Gasteiger partial charge in [0.15, 0.2) is 5.92 Å². The molecule has 0 radical (unpaired) electrons. The fourth-order valence-electron chi connectivity index (χ4n) is 0.924. The fraction of sp³-hybridized carbons (Fsp3) is 0.778. The second-order valence-electron chi connectivity index (χ2n) is 4.15. The topological polar surface area (TPSA) is 110 Å². The van der Waals surface area contributed by atoms with Gasteiger partial charge in [0.25, 0.3) is 0 Å². The second-order valence-corrected chi connectivity index (χ2v) is 4.15. The maximum atomic E-state index is 11.4. The van der Waals surface area contributed by atoms with Crippen LogP contribution in [0, 0.1) is 5.92 Å². The lowest BCUT2D eigenvalue weighted by molar-refractivity contribution is -0.171. The molecule has 6 nitrogen and oxygen atoms in total. The lowest BCUT2D eigenvalue weighted by atomic mass is 10.0. The lowest BCUT2D eigenvalue weighted by Gasteiger charge is -2.23. The average molecular weight is 219 g/mol. The van der Waals surface area contributed by atoms with Gasteiger partial charge in [-0.15, -0.1) is 0 Å². The van der Waals surface area contributed by atoms with Crippen LogP contribution in [0.4, 0.5) is 0 Å². The summed E-state index contributed by atoms with van der Waals surface area (Å²) in [4.78, 5) is 22.1. The van der Waals surface area contributed by atoms with Crippen LogP contribution in [0.3, 0.4) is 0 Å². The molecule has 6 heteroatoms. The molecule has 4 N–H and O–H groups in total. The molecule has 0 aliphatic rings. The molecule has 0 aliphatic carbocycles. The summed E-state index contributed by atoms with van der Waals surface area (Å²) in [6.45, 7) is 4.52. The molecule has 0 aliphatic heterocycles. The van der Waals surface area contributed by atoms with Crippen molar-refractivity contribution in [3.05, 3.63) is 0 Å². The van der Waals surface area contributed by atoms with Gasteiger partial charge < -0.3 is 20.7 Å². The van der Waals surface area contributed by atoms with Gasteiger partial charge in [-0.1, -0.05) is 0 Å². The van der Waals surface area contributed by atoms with Crippen LogP contribution in [0.2, 0.25) is 0 Å². The Kier molecular flexibility index (Phi) is 4.70. The van der Waals surface area contributed by atoms with E-state index in [9.17, 15) is 14.7 Å². The number of carbonyl (C=O) groups excluding carboxylic acids is 1. The molecule has 2 atom stereocenters. The van der Waals surface area contributed by atoms with Crippen molar-refractivity contribution in [1.82, 2.24) is 0 Å². The first kappa shape index (κ1) is 13.9.